The van der Waals surface area contributed by atoms with Gasteiger partial charge >= 0.3 is 0 Å². The second kappa shape index (κ2) is 17.1. The fraction of sp³-hybridized carbons (Fsp3) is 0.455. The quantitative estimate of drug-likeness (QED) is 0.0719. The first-order valence-corrected chi connectivity index (χ1v) is 15.5. The number of azo groups is 2. The van der Waals surface area contributed by atoms with Crippen LogP contribution in [0.3, 0.4) is 0 Å². The van der Waals surface area contributed by atoms with Crippen molar-refractivity contribution < 1.29 is 9.66 Å². The number of unbranched alkanes of at least 4 members (excludes halogenated alkanes) is 5. The zero-order chi connectivity index (χ0) is 30.3. The van der Waals surface area contributed by atoms with Crippen LogP contribution in [-0.4, -0.2) is 49.2 Å². The lowest BCUT2D eigenvalue weighted by Crippen LogP contribution is -2.46. The number of benzene rings is 3. The van der Waals surface area contributed by atoms with Crippen molar-refractivity contribution in [2.75, 3.05) is 44.2 Å². The summed E-state index contributed by atoms with van der Waals surface area (Å²) < 4.78 is 6.04. The Morgan fingerprint density at radius 1 is 0.721 bits per heavy atom. The average Bonchev–Trinajstić information content (AvgIpc) is 3.04. The zero-order valence-corrected chi connectivity index (χ0v) is 25.4. The Kier molecular flexibility index (Phi) is 12.6. The van der Waals surface area contributed by atoms with Crippen molar-refractivity contribution in [3.63, 3.8) is 0 Å². The van der Waals surface area contributed by atoms with Crippen LogP contribution in [0.5, 0.6) is 5.75 Å². The third kappa shape index (κ3) is 10.2. The van der Waals surface area contributed by atoms with Crippen LogP contribution < -0.4 is 9.64 Å². The smallest absolute Gasteiger partial charge is 0.269 e. The van der Waals surface area contributed by atoms with Gasteiger partial charge in [0.25, 0.3) is 5.69 Å². The second-order valence-corrected chi connectivity index (χ2v) is 10.8. The van der Waals surface area contributed by atoms with E-state index < -0.39 is 4.92 Å². The highest BCUT2D eigenvalue weighted by Crippen LogP contribution is 2.34. The molecule has 0 atom stereocenters. The van der Waals surface area contributed by atoms with E-state index in [1.165, 1.54) is 50.0 Å². The number of nitro benzene ring substituents is 1. The van der Waals surface area contributed by atoms with Crippen LogP contribution in [0.15, 0.2) is 87.2 Å². The lowest BCUT2D eigenvalue weighted by molar-refractivity contribution is -0.384. The lowest BCUT2D eigenvalue weighted by atomic mass is 10.2. The number of piperazine rings is 1. The minimum Gasteiger partial charge on any atom is -0.491 e. The van der Waals surface area contributed by atoms with Crippen molar-refractivity contribution in [1.29, 1.82) is 0 Å². The molecule has 0 aliphatic carbocycles. The molecule has 0 radical (unpaired) electrons. The normalized spacial score (nSPS) is 14.1. The topological polar surface area (TPSA) is 108 Å². The maximum absolute atomic E-state index is 10.9. The third-order valence-corrected chi connectivity index (χ3v) is 7.48. The standard InChI is InChI=1S/C33H43N7O3/c1-3-5-7-8-20-38-21-23-39(24-22-38)30-15-10-27(11-16-30)34-36-29-14-19-32(33(26-29)43-25-9-6-4-2)37-35-28-12-17-31(18-13-28)40(41)42/h10-19,26H,3-9,20-25H2,1-2H3. The van der Waals surface area contributed by atoms with Crippen molar-refractivity contribution in [2.24, 2.45) is 20.5 Å². The van der Waals surface area contributed by atoms with Gasteiger partial charge in [0.1, 0.15) is 11.4 Å². The number of anilines is 1. The van der Waals surface area contributed by atoms with E-state index in [0.717, 1.165) is 51.1 Å². The molecule has 0 saturated carbocycles. The Morgan fingerprint density at radius 2 is 1.33 bits per heavy atom. The van der Waals surface area contributed by atoms with Crippen LogP contribution in [-0.2, 0) is 0 Å². The number of ether oxygens (including phenoxy) is 1. The molecule has 4 rings (SSSR count). The predicted molar refractivity (Wildman–Crippen MR) is 172 cm³/mol. The van der Waals surface area contributed by atoms with Crippen molar-refractivity contribution in [3.05, 3.63) is 76.8 Å². The maximum Gasteiger partial charge on any atom is 0.269 e. The number of hydrogen-bond acceptors (Lipinski definition) is 9. The number of rotatable bonds is 16. The summed E-state index contributed by atoms with van der Waals surface area (Å²) >= 11 is 0. The highest BCUT2D eigenvalue weighted by molar-refractivity contribution is 5.59. The van der Waals surface area contributed by atoms with Crippen LogP contribution in [0.1, 0.15) is 58.8 Å². The molecule has 0 unspecified atom stereocenters. The molecule has 1 aliphatic rings. The average molecular weight is 586 g/mol. The van der Waals surface area contributed by atoms with Crippen molar-refractivity contribution in [1.82, 2.24) is 4.90 Å². The van der Waals surface area contributed by atoms with E-state index in [2.05, 4.69) is 56.2 Å². The van der Waals surface area contributed by atoms with E-state index in [0.29, 0.717) is 29.4 Å². The first-order valence-electron chi connectivity index (χ1n) is 15.5. The van der Waals surface area contributed by atoms with Gasteiger partial charge in [0.2, 0.25) is 0 Å². The Balaban J connectivity index is 1.37. The molecule has 0 spiro atoms. The van der Waals surface area contributed by atoms with Crippen LogP contribution in [0.2, 0.25) is 0 Å². The van der Waals surface area contributed by atoms with E-state index in [1.807, 2.05) is 24.3 Å². The van der Waals surface area contributed by atoms with Gasteiger partial charge < -0.3 is 9.64 Å². The first kappa shape index (κ1) is 31.7. The zero-order valence-electron chi connectivity index (χ0n) is 25.4. The van der Waals surface area contributed by atoms with E-state index in [4.69, 9.17) is 4.74 Å². The molecule has 0 bridgehead atoms. The van der Waals surface area contributed by atoms with Crippen LogP contribution in [0.4, 0.5) is 34.1 Å². The molecule has 43 heavy (non-hydrogen) atoms. The fourth-order valence-corrected chi connectivity index (χ4v) is 4.89. The summed E-state index contributed by atoms with van der Waals surface area (Å²) in [6, 6.07) is 19.6. The number of non-ortho nitro benzene ring substituents is 1. The molecule has 10 heteroatoms. The number of nitrogens with zero attached hydrogens (tertiary/aromatic N) is 7. The highest BCUT2D eigenvalue weighted by atomic mass is 16.6. The molecule has 0 amide bonds. The van der Waals surface area contributed by atoms with E-state index in [-0.39, 0.29) is 5.69 Å². The van der Waals surface area contributed by atoms with E-state index >= 15 is 0 Å². The first-order chi connectivity index (χ1) is 21.1. The number of hydrogen-bond donors (Lipinski definition) is 0. The van der Waals surface area contributed by atoms with Crippen LogP contribution in [0, 0.1) is 10.1 Å². The molecule has 1 saturated heterocycles. The van der Waals surface area contributed by atoms with Crippen LogP contribution >= 0.6 is 0 Å². The molecule has 1 aliphatic heterocycles. The van der Waals surface area contributed by atoms with Gasteiger partial charge in [0, 0.05) is 50.1 Å². The summed E-state index contributed by atoms with van der Waals surface area (Å²) in [4.78, 5) is 15.5. The fourth-order valence-electron chi connectivity index (χ4n) is 4.89. The molecular weight excluding hydrogens is 542 g/mol. The van der Waals surface area contributed by atoms with Gasteiger partial charge in [-0.15, -0.1) is 5.11 Å². The summed E-state index contributed by atoms with van der Waals surface area (Å²) in [6.45, 7) is 10.5. The largest absolute Gasteiger partial charge is 0.491 e. The van der Waals surface area contributed by atoms with Crippen LogP contribution in [0.25, 0.3) is 0 Å². The SMILES string of the molecule is CCCCCCN1CCN(c2ccc(N=Nc3ccc(N=Nc4ccc([N+](=O)[O-])cc4)c(OCCCCC)c3)cc2)CC1. The van der Waals surface area contributed by atoms with Crippen molar-refractivity contribution in [2.45, 2.75) is 58.8 Å². The molecule has 3 aromatic rings. The number of nitro groups is 1. The van der Waals surface area contributed by atoms with Gasteiger partial charge in [-0.1, -0.05) is 46.0 Å². The van der Waals surface area contributed by atoms with Crippen molar-refractivity contribution >= 4 is 34.1 Å². The summed E-state index contributed by atoms with van der Waals surface area (Å²) in [6.07, 6.45) is 8.35. The Labute approximate surface area is 254 Å². The van der Waals surface area contributed by atoms with Gasteiger partial charge in [0.05, 0.1) is 28.6 Å². The maximum atomic E-state index is 10.9. The molecule has 1 fully saturated rings. The minimum absolute atomic E-state index is 0.00887. The van der Waals surface area contributed by atoms with Gasteiger partial charge in [-0.3, -0.25) is 15.0 Å². The van der Waals surface area contributed by atoms with Gasteiger partial charge in [-0.05, 0) is 67.9 Å². The summed E-state index contributed by atoms with van der Waals surface area (Å²) in [7, 11) is 0. The Hall–Kier alpha value is -4.18. The third-order valence-electron chi connectivity index (χ3n) is 7.48. The molecule has 1 heterocycles. The molecule has 3 aromatic carbocycles. The second-order valence-electron chi connectivity index (χ2n) is 10.8. The molecule has 0 aromatic heterocycles. The monoisotopic (exact) mass is 585 g/mol. The van der Waals surface area contributed by atoms with E-state index in [1.54, 1.807) is 18.2 Å². The summed E-state index contributed by atoms with van der Waals surface area (Å²) in [5.74, 6) is 0.568. The molecule has 0 N–H and O–H groups in total. The van der Waals surface area contributed by atoms with Crippen molar-refractivity contribution in [3.8, 4) is 5.75 Å². The van der Waals surface area contributed by atoms with Gasteiger partial charge in [-0.2, -0.15) is 15.3 Å². The van der Waals surface area contributed by atoms with E-state index in [9.17, 15) is 10.1 Å². The molecule has 10 nitrogen and oxygen atoms in total. The summed E-state index contributed by atoms with van der Waals surface area (Å²) in [5, 5.41) is 28.4. The predicted octanol–water partition coefficient (Wildman–Crippen LogP) is 9.70. The summed E-state index contributed by atoms with van der Waals surface area (Å²) in [5.41, 5.74) is 3.73. The van der Waals surface area contributed by atoms with Gasteiger partial charge in [-0.25, -0.2) is 0 Å². The Morgan fingerprint density at radius 3 is 2.00 bits per heavy atom. The Bertz CT molecular complexity index is 1340. The van der Waals surface area contributed by atoms with Gasteiger partial charge in [0.15, 0.2) is 0 Å². The lowest BCUT2D eigenvalue weighted by Gasteiger charge is -2.36. The molecule has 228 valence electrons. The minimum atomic E-state index is -0.442. The molecular formula is C33H43N7O3. The highest BCUT2D eigenvalue weighted by Gasteiger charge is 2.16.